The maximum atomic E-state index is 10.8. The second kappa shape index (κ2) is 4.42. The molecular formula is C15H28O4. The fourth-order valence-corrected chi connectivity index (χ4v) is 4.21. The first-order valence-corrected chi connectivity index (χ1v) is 7.37. The normalized spacial score (nSPS) is 55.1. The molecule has 0 saturated heterocycles. The van der Waals surface area contributed by atoms with Crippen LogP contribution in [0, 0.1) is 17.8 Å². The van der Waals surface area contributed by atoms with E-state index in [9.17, 15) is 20.4 Å². The number of rotatable bonds is 1. The number of hydrogen-bond acceptors (Lipinski definition) is 4. The van der Waals surface area contributed by atoms with Crippen LogP contribution in [0.25, 0.3) is 0 Å². The van der Waals surface area contributed by atoms with Crippen molar-refractivity contribution in [1.82, 2.24) is 0 Å². The van der Waals surface area contributed by atoms with Crippen LogP contribution in [0.2, 0.25) is 0 Å². The maximum absolute atomic E-state index is 10.8. The van der Waals surface area contributed by atoms with Gasteiger partial charge in [-0.2, -0.15) is 0 Å². The average molecular weight is 272 g/mol. The summed E-state index contributed by atoms with van der Waals surface area (Å²) in [4.78, 5) is 0. The van der Waals surface area contributed by atoms with E-state index >= 15 is 0 Å². The van der Waals surface area contributed by atoms with E-state index in [-0.39, 0.29) is 11.8 Å². The monoisotopic (exact) mass is 272 g/mol. The van der Waals surface area contributed by atoms with Crippen LogP contribution in [0.4, 0.5) is 0 Å². The summed E-state index contributed by atoms with van der Waals surface area (Å²) in [5.74, 6) is -0.754. The molecule has 2 rings (SSSR count). The van der Waals surface area contributed by atoms with Crippen molar-refractivity contribution in [2.75, 3.05) is 0 Å². The molecule has 0 aromatic heterocycles. The minimum Gasteiger partial charge on any atom is -0.390 e. The summed E-state index contributed by atoms with van der Waals surface area (Å²) in [6.07, 6.45) is 1.07. The van der Waals surface area contributed by atoms with Crippen LogP contribution in [-0.2, 0) is 0 Å². The van der Waals surface area contributed by atoms with Crippen molar-refractivity contribution >= 4 is 0 Å². The smallest absolute Gasteiger partial charge is 0.0933 e. The zero-order chi connectivity index (χ0) is 14.6. The molecule has 4 nitrogen and oxygen atoms in total. The van der Waals surface area contributed by atoms with Crippen LogP contribution in [0.5, 0.6) is 0 Å². The molecule has 112 valence electrons. The summed E-state index contributed by atoms with van der Waals surface area (Å²) in [5, 5.41) is 42.7. The Balaban J connectivity index is 2.45. The fraction of sp³-hybridized carbons (Fsp3) is 1.00. The van der Waals surface area contributed by atoms with Crippen molar-refractivity contribution in [2.24, 2.45) is 17.8 Å². The van der Waals surface area contributed by atoms with E-state index in [1.54, 1.807) is 13.8 Å². The molecule has 0 spiro atoms. The lowest BCUT2D eigenvalue weighted by molar-refractivity contribution is -0.164. The Hall–Kier alpha value is -0.160. The van der Waals surface area contributed by atoms with E-state index in [0.717, 1.165) is 0 Å². The Morgan fingerprint density at radius 2 is 1.53 bits per heavy atom. The number of aliphatic hydroxyl groups excluding tert-OH is 1. The van der Waals surface area contributed by atoms with Gasteiger partial charge in [0.25, 0.3) is 0 Å². The summed E-state index contributed by atoms with van der Waals surface area (Å²) in [6, 6.07) is 0. The van der Waals surface area contributed by atoms with E-state index in [1.165, 1.54) is 0 Å². The molecule has 0 unspecified atom stereocenters. The highest BCUT2D eigenvalue weighted by Gasteiger charge is 2.60. The molecule has 6 atom stereocenters. The summed E-state index contributed by atoms with van der Waals surface area (Å²) in [7, 11) is 0. The van der Waals surface area contributed by atoms with Crippen molar-refractivity contribution in [1.29, 1.82) is 0 Å². The first-order chi connectivity index (χ1) is 8.52. The third-order valence-electron chi connectivity index (χ3n) is 5.80. The lowest BCUT2D eigenvalue weighted by atomic mass is 9.71. The topological polar surface area (TPSA) is 80.9 Å². The zero-order valence-corrected chi connectivity index (χ0v) is 12.4. The SMILES string of the molecule is CC(C)[C@]1(O)CC[C@](C)(O)[C@@H]2CC[C@@](C)(O)[C@@H]2[C@@H]1O. The molecule has 2 fully saturated rings. The molecule has 0 bridgehead atoms. The summed E-state index contributed by atoms with van der Waals surface area (Å²) in [5.41, 5.74) is -3.20. The van der Waals surface area contributed by atoms with Gasteiger partial charge in [-0.25, -0.2) is 0 Å². The van der Waals surface area contributed by atoms with Crippen LogP contribution in [-0.4, -0.2) is 43.3 Å². The van der Waals surface area contributed by atoms with Crippen molar-refractivity contribution in [2.45, 2.75) is 76.3 Å². The highest BCUT2D eigenvalue weighted by atomic mass is 16.3. The third kappa shape index (κ3) is 2.23. The van der Waals surface area contributed by atoms with E-state index in [4.69, 9.17) is 0 Å². The van der Waals surface area contributed by atoms with Crippen LogP contribution in [0.3, 0.4) is 0 Å². The van der Waals surface area contributed by atoms with Gasteiger partial charge in [0, 0.05) is 5.92 Å². The number of fused-ring (bicyclic) bond motifs is 1. The Bertz CT molecular complexity index is 350. The molecule has 0 aromatic rings. The fourth-order valence-electron chi connectivity index (χ4n) is 4.21. The predicted octanol–water partition coefficient (Wildman–Crippen LogP) is 1.06. The first kappa shape index (κ1) is 15.2. The molecule has 0 heterocycles. The molecule has 0 aromatic carbocycles. The summed E-state index contributed by atoms with van der Waals surface area (Å²) >= 11 is 0. The quantitative estimate of drug-likeness (QED) is 0.575. The standard InChI is InChI=1S/C15H28O4/c1-9(2)15(19)8-7-13(3,17)10-5-6-14(4,18)11(10)12(15)16/h9-12,16-19H,5-8H2,1-4H3/t10-,11+,12+,13+,14-,15-/m1/s1. The van der Waals surface area contributed by atoms with E-state index < -0.39 is 28.8 Å². The van der Waals surface area contributed by atoms with E-state index in [2.05, 4.69) is 0 Å². The number of hydrogen-bond donors (Lipinski definition) is 4. The van der Waals surface area contributed by atoms with Gasteiger partial charge in [0.15, 0.2) is 0 Å². The van der Waals surface area contributed by atoms with Gasteiger partial charge in [-0.05, 0) is 51.4 Å². The molecule has 0 radical (unpaired) electrons. The first-order valence-electron chi connectivity index (χ1n) is 7.37. The molecule has 19 heavy (non-hydrogen) atoms. The Labute approximate surface area is 115 Å². The second-order valence-corrected chi connectivity index (χ2v) is 7.48. The molecular weight excluding hydrogens is 244 g/mol. The van der Waals surface area contributed by atoms with Gasteiger partial charge in [-0.1, -0.05) is 13.8 Å². The molecule has 0 aliphatic heterocycles. The Morgan fingerprint density at radius 3 is 2.05 bits per heavy atom. The molecule has 4 heteroatoms. The van der Waals surface area contributed by atoms with Gasteiger partial charge in [0.2, 0.25) is 0 Å². The second-order valence-electron chi connectivity index (χ2n) is 7.48. The van der Waals surface area contributed by atoms with Crippen molar-refractivity contribution in [3.8, 4) is 0 Å². The van der Waals surface area contributed by atoms with Crippen molar-refractivity contribution in [3.63, 3.8) is 0 Å². The highest BCUT2D eigenvalue weighted by Crippen LogP contribution is 2.54. The van der Waals surface area contributed by atoms with E-state index in [1.807, 2.05) is 13.8 Å². The van der Waals surface area contributed by atoms with Gasteiger partial charge in [-0.3, -0.25) is 0 Å². The Kier molecular flexibility index (Phi) is 3.54. The van der Waals surface area contributed by atoms with Crippen molar-refractivity contribution < 1.29 is 20.4 Å². The third-order valence-corrected chi connectivity index (χ3v) is 5.80. The van der Waals surface area contributed by atoms with Crippen LogP contribution in [0.15, 0.2) is 0 Å². The van der Waals surface area contributed by atoms with E-state index in [0.29, 0.717) is 25.7 Å². The Morgan fingerprint density at radius 1 is 0.947 bits per heavy atom. The maximum Gasteiger partial charge on any atom is 0.0933 e. The summed E-state index contributed by atoms with van der Waals surface area (Å²) < 4.78 is 0. The van der Waals surface area contributed by atoms with Gasteiger partial charge in [-0.15, -0.1) is 0 Å². The minimum atomic E-state index is -1.24. The predicted molar refractivity (Wildman–Crippen MR) is 72.5 cm³/mol. The largest absolute Gasteiger partial charge is 0.390 e. The van der Waals surface area contributed by atoms with Gasteiger partial charge < -0.3 is 20.4 Å². The van der Waals surface area contributed by atoms with Gasteiger partial charge >= 0.3 is 0 Å². The minimum absolute atomic E-state index is 0.117. The van der Waals surface area contributed by atoms with Gasteiger partial charge in [0.05, 0.1) is 22.9 Å². The zero-order valence-electron chi connectivity index (χ0n) is 12.4. The van der Waals surface area contributed by atoms with Crippen LogP contribution in [0.1, 0.15) is 53.4 Å². The molecule has 2 aliphatic carbocycles. The van der Waals surface area contributed by atoms with Crippen molar-refractivity contribution in [3.05, 3.63) is 0 Å². The lowest BCUT2D eigenvalue weighted by Crippen LogP contribution is -2.55. The lowest BCUT2D eigenvalue weighted by Gasteiger charge is -2.43. The molecule has 2 aliphatic rings. The molecule has 0 amide bonds. The van der Waals surface area contributed by atoms with Crippen LogP contribution < -0.4 is 0 Å². The molecule has 2 saturated carbocycles. The summed E-state index contributed by atoms with van der Waals surface area (Å²) in [6.45, 7) is 7.23. The number of aliphatic hydroxyl groups is 4. The van der Waals surface area contributed by atoms with Gasteiger partial charge in [0.1, 0.15) is 0 Å². The van der Waals surface area contributed by atoms with Crippen LogP contribution >= 0.6 is 0 Å². The molecule has 4 N–H and O–H groups in total. The highest BCUT2D eigenvalue weighted by molar-refractivity contribution is 5.11. The average Bonchev–Trinajstić information content (AvgIpc) is 2.57.